The number of benzene rings is 2. The van der Waals surface area contributed by atoms with Crippen LogP contribution in [0.3, 0.4) is 0 Å². The second kappa shape index (κ2) is 4.98. The number of phenolic OH excluding ortho intramolecular Hbond substituents is 1. The Morgan fingerprint density at radius 2 is 1.81 bits per heavy atom. The molecule has 21 heavy (non-hydrogen) atoms. The molecule has 1 heterocycles. The van der Waals surface area contributed by atoms with Gasteiger partial charge >= 0.3 is 0 Å². The molecule has 0 fully saturated rings. The molecule has 4 nitrogen and oxygen atoms in total. The number of nitrogens with zero attached hydrogens (tertiary/aromatic N) is 1. The van der Waals surface area contributed by atoms with Gasteiger partial charge in [-0.1, -0.05) is 12.1 Å². The quantitative estimate of drug-likeness (QED) is 0.758. The molecule has 3 aromatic rings. The molecule has 3 rings (SSSR count). The van der Waals surface area contributed by atoms with Crippen molar-refractivity contribution in [2.75, 3.05) is 19.0 Å². The topological polar surface area (TPSA) is 56.3 Å². The predicted molar refractivity (Wildman–Crippen MR) is 86.0 cm³/mol. The van der Waals surface area contributed by atoms with Crippen molar-refractivity contribution < 1.29 is 5.11 Å². The molecule has 0 aliphatic carbocycles. The number of anilines is 1. The van der Waals surface area contributed by atoms with Gasteiger partial charge in [-0.25, -0.2) is 0 Å². The van der Waals surface area contributed by atoms with Gasteiger partial charge in [0.25, 0.3) is 0 Å². The van der Waals surface area contributed by atoms with E-state index in [2.05, 4.69) is 4.98 Å². The number of phenols is 1. The van der Waals surface area contributed by atoms with Crippen LogP contribution in [0.2, 0.25) is 0 Å². The lowest BCUT2D eigenvalue weighted by Crippen LogP contribution is -2.10. The number of hydrogen-bond acceptors (Lipinski definition) is 3. The molecule has 1 aromatic heterocycles. The van der Waals surface area contributed by atoms with E-state index in [9.17, 15) is 9.90 Å². The molecule has 106 valence electrons. The van der Waals surface area contributed by atoms with Crippen molar-refractivity contribution in [1.29, 1.82) is 0 Å². The average Bonchev–Trinajstić information content (AvgIpc) is 2.47. The molecule has 0 saturated heterocycles. The van der Waals surface area contributed by atoms with Crippen LogP contribution in [0.25, 0.3) is 22.2 Å². The summed E-state index contributed by atoms with van der Waals surface area (Å²) in [7, 11) is 3.87. The second-order valence-corrected chi connectivity index (χ2v) is 5.19. The molecule has 2 aromatic carbocycles. The van der Waals surface area contributed by atoms with Crippen LogP contribution in [0, 0.1) is 0 Å². The molecule has 0 aliphatic rings. The van der Waals surface area contributed by atoms with Gasteiger partial charge in [-0.15, -0.1) is 0 Å². The minimum absolute atomic E-state index is 0.0642. The first-order chi connectivity index (χ1) is 10.1. The molecule has 0 radical (unpaired) electrons. The number of para-hydroxylation sites is 1. The summed E-state index contributed by atoms with van der Waals surface area (Å²) in [5.74, 6) is 0.150. The molecular weight excluding hydrogens is 264 g/mol. The summed E-state index contributed by atoms with van der Waals surface area (Å²) < 4.78 is 0. The number of aromatic amines is 1. The van der Waals surface area contributed by atoms with Crippen LogP contribution in [0.5, 0.6) is 5.75 Å². The monoisotopic (exact) mass is 280 g/mol. The normalized spacial score (nSPS) is 10.8. The molecule has 0 atom stereocenters. The van der Waals surface area contributed by atoms with E-state index in [4.69, 9.17) is 0 Å². The lowest BCUT2D eigenvalue weighted by molar-refractivity contribution is 0.477. The highest BCUT2D eigenvalue weighted by Crippen LogP contribution is 2.27. The Hall–Kier alpha value is -2.75. The Kier molecular flexibility index (Phi) is 3.14. The highest BCUT2D eigenvalue weighted by atomic mass is 16.3. The number of pyridine rings is 1. The fraction of sp³-hybridized carbons (Fsp3) is 0.118. The van der Waals surface area contributed by atoms with Gasteiger partial charge in [-0.3, -0.25) is 4.79 Å². The van der Waals surface area contributed by atoms with Gasteiger partial charge in [0.15, 0.2) is 5.43 Å². The third-order valence-electron chi connectivity index (χ3n) is 3.52. The Morgan fingerprint density at radius 3 is 2.52 bits per heavy atom. The van der Waals surface area contributed by atoms with Crippen LogP contribution >= 0.6 is 0 Å². The van der Waals surface area contributed by atoms with E-state index in [0.717, 1.165) is 11.2 Å². The van der Waals surface area contributed by atoms with Gasteiger partial charge < -0.3 is 15.0 Å². The minimum atomic E-state index is -0.0642. The summed E-state index contributed by atoms with van der Waals surface area (Å²) in [4.78, 5) is 17.5. The third kappa shape index (κ3) is 2.36. The van der Waals surface area contributed by atoms with Crippen LogP contribution in [0.4, 0.5) is 5.69 Å². The molecule has 0 saturated carbocycles. The maximum Gasteiger partial charge on any atom is 0.190 e. The van der Waals surface area contributed by atoms with Crippen molar-refractivity contribution in [2.24, 2.45) is 0 Å². The minimum Gasteiger partial charge on any atom is -0.507 e. The van der Waals surface area contributed by atoms with Gasteiger partial charge in [0.05, 0.1) is 5.69 Å². The number of aromatic hydroxyl groups is 1. The zero-order valence-electron chi connectivity index (χ0n) is 11.9. The summed E-state index contributed by atoms with van der Waals surface area (Å²) in [6, 6.07) is 14.2. The molecule has 2 N–H and O–H groups in total. The highest BCUT2D eigenvalue weighted by molar-refractivity contribution is 5.85. The summed E-state index contributed by atoms with van der Waals surface area (Å²) in [6.07, 6.45) is 0. The van der Waals surface area contributed by atoms with Gasteiger partial charge in [0.1, 0.15) is 5.75 Å². The van der Waals surface area contributed by atoms with Crippen molar-refractivity contribution >= 4 is 16.6 Å². The molecular formula is C17H16N2O2. The zero-order chi connectivity index (χ0) is 15.0. The van der Waals surface area contributed by atoms with Crippen LogP contribution < -0.4 is 10.3 Å². The summed E-state index contributed by atoms with van der Waals surface area (Å²) in [6.45, 7) is 0. The van der Waals surface area contributed by atoms with Gasteiger partial charge in [0, 0.05) is 42.3 Å². The van der Waals surface area contributed by atoms with Crippen molar-refractivity contribution in [3.63, 3.8) is 0 Å². The lowest BCUT2D eigenvalue weighted by atomic mass is 10.1. The third-order valence-corrected chi connectivity index (χ3v) is 3.52. The first kappa shape index (κ1) is 13.2. The van der Waals surface area contributed by atoms with Crippen molar-refractivity contribution in [3.05, 3.63) is 58.8 Å². The number of fused-ring (bicyclic) bond motifs is 1. The van der Waals surface area contributed by atoms with E-state index < -0.39 is 0 Å². The molecule has 0 aliphatic heterocycles. The summed E-state index contributed by atoms with van der Waals surface area (Å²) in [5, 5.41) is 10.6. The Labute approximate surface area is 122 Å². The summed E-state index contributed by atoms with van der Waals surface area (Å²) >= 11 is 0. The average molecular weight is 280 g/mol. The van der Waals surface area contributed by atoms with Crippen molar-refractivity contribution in [1.82, 2.24) is 4.98 Å². The van der Waals surface area contributed by atoms with E-state index in [1.165, 1.54) is 6.07 Å². The van der Waals surface area contributed by atoms with E-state index >= 15 is 0 Å². The largest absolute Gasteiger partial charge is 0.507 e. The molecule has 0 amide bonds. The fourth-order valence-corrected chi connectivity index (χ4v) is 2.36. The number of H-pyrrole nitrogens is 1. The second-order valence-electron chi connectivity index (χ2n) is 5.19. The predicted octanol–water partition coefficient (Wildman–Crippen LogP) is 2.97. The molecule has 0 bridgehead atoms. The Balaban J connectivity index is 2.23. The molecule has 0 spiro atoms. The van der Waals surface area contributed by atoms with E-state index in [1.807, 2.05) is 43.3 Å². The SMILES string of the molecule is CN(C)c1ccc2[nH]c(-c3ccccc3O)cc(=O)c2c1. The number of nitrogens with one attached hydrogen (secondary N) is 1. The van der Waals surface area contributed by atoms with Gasteiger partial charge in [-0.05, 0) is 30.3 Å². The van der Waals surface area contributed by atoms with E-state index in [0.29, 0.717) is 16.6 Å². The maximum atomic E-state index is 12.3. The lowest BCUT2D eigenvalue weighted by Gasteiger charge is -2.13. The fourth-order valence-electron chi connectivity index (χ4n) is 2.36. The van der Waals surface area contributed by atoms with Crippen LogP contribution in [-0.2, 0) is 0 Å². The maximum absolute atomic E-state index is 12.3. The highest BCUT2D eigenvalue weighted by Gasteiger charge is 2.08. The Morgan fingerprint density at radius 1 is 1.05 bits per heavy atom. The number of aromatic nitrogens is 1. The van der Waals surface area contributed by atoms with Crippen LogP contribution in [0.15, 0.2) is 53.3 Å². The molecule has 4 heteroatoms. The first-order valence-electron chi connectivity index (χ1n) is 6.69. The zero-order valence-corrected chi connectivity index (χ0v) is 11.9. The van der Waals surface area contributed by atoms with Crippen molar-refractivity contribution in [3.8, 4) is 17.0 Å². The smallest absolute Gasteiger partial charge is 0.190 e. The first-order valence-corrected chi connectivity index (χ1v) is 6.69. The Bertz CT molecular complexity index is 866. The molecule has 0 unspecified atom stereocenters. The number of hydrogen-bond donors (Lipinski definition) is 2. The van der Waals surface area contributed by atoms with Gasteiger partial charge in [0.2, 0.25) is 0 Å². The van der Waals surface area contributed by atoms with E-state index in [1.54, 1.807) is 18.2 Å². The van der Waals surface area contributed by atoms with Gasteiger partial charge in [-0.2, -0.15) is 0 Å². The van der Waals surface area contributed by atoms with Crippen molar-refractivity contribution in [2.45, 2.75) is 0 Å². The number of rotatable bonds is 2. The van der Waals surface area contributed by atoms with Crippen LogP contribution in [0.1, 0.15) is 0 Å². The standard InChI is InChI=1S/C17H16N2O2/c1-19(2)11-7-8-14-13(9-11)17(21)10-15(18-14)12-5-3-4-6-16(12)20/h3-10,20H,1-2H3,(H,18,21). The van der Waals surface area contributed by atoms with E-state index in [-0.39, 0.29) is 11.2 Å². The van der Waals surface area contributed by atoms with Crippen LogP contribution in [-0.4, -0.2) is 24.2 Å². The summed E-state index contributed by atoms with van der Waals surface area (Å²) in [5.41, 5.74) is 2.90.